The second-order valence-corrected chi connectivity index (χ2v) is 5.40. The van der Waals surface area contributed by atoms with Crippen LogP contribution in [0.25, 0.3) is 0 Å². The minimum Gasteiger partial charge on any atom is -0.395 e. The van der Waals surface area contributed by atoms with Crippen molar-refractivity contribution in [3.8, 4) is 0 Å². The molecule has 20 heavy (non-hydrogen) atoms. The number of rotatable bonds is 9. The van der Waals surface area contributed by atoms with Crippen molar-refractivity contribution in [1.29, 1.82) is 0 Å². The predicted octanol–water partition coefficient (Wildman–Crippen LogP) is -0.657. The fourth-order valence-electron chi connectivity index (χ4n) is 2.65. The van der Waals surface area contributed by atoms with E-state index >= 15 is 0 Å². The maximum absolute atomic E-state index is 9.85. The molecule has 0 spiro atoms. The van der Waals surface area contributed by atoms with Crippen molar-refractivity contribution in [2.45, 2.75) is 57.0 Å². The Morgan fingerprint density at radius 1 is 1.05 bits per heavy atom. The van der Waals surface area contributed by atoms with E-state index in [1.165, 1.54) is 0 Å². The van der Waals surface area contributed by atoms with Gasteiger partial charge in [-0.3, -0.25) is 4.90 Å². The second kappa shape index (κ2) is 9.65. The minimum absolute atomic E-state index is 0.213. The first-order valence-electron chi connectivity index (χ1n) is 7.58. The third kappa shape index (κ3) is 5.27. The molecule has 1 heterocycles. The van der Waals surface area contributed by atoms with Crippen molar-refractivity contribution in [3.05, 3.63) is 0 Å². The lowest BCUT2D eigenvalue weighted by Crippen LogP contribution is -2.62. The van der Waals surface area contributed by atoms with Gasteiger partial charge in [0.05, 0.1) is 18.8 Å². The topological polar surface area (TPSA) is 93.4 Å². The maximum Gasteiger partial charge on any atom is 0.109 e. The fourth-order valence-corrected chi connectivity index (χ4v) is 2.65. The lowest BCUT2D eigenvalue weighted by atomic mass is 9.94. The van der Waals surface area contributed by atoms with E-state index in [9.17, 15) is 20.4 Å². The monoisotopic (exact) mass is 291 g/mol. The van der Waals surface area contributed by atoms with Gasteiger partial charge in [-0.1, -0.05) is 12.8 Å². The molecule has 1 aliphatic heterocycles. The molecule has 1 fully saturated rings. The summed E-state index contributed by atoms with van der Waals surface area (Å²) in [6.07, 6.45) is 0.906. The van der Waals surface area contributed by atoms with Crippen LogP contribution in [0.1, 0.15) is 32.6 Å². The summed E-state index contributed by atoms with van der Waals surface area (Å²) < 4.78 is 5.27. The zero-order valence-electron chi connectivity index (χ0n) is 12.3. The highest BCUT2D eigenvalue weighted by molar-refractivity contribution is 4.93. The second-order valence-electron chi connectivity index (χ2n) is 5.40. The smallest absolute Gasteiger partial charge is 0.109 e. The normalized spacial score (nSPS) is 31.6. The van der Waals surface area contributed by atoms with Crippen LogP contribution in [0, 0.1) is 0 Å². The van der Waals surface area contributed by atoms with Gasteiger partial charge in [0.2, 0.25) is 0 Å². The fraction of sp³-hybridized carbons (Fsp3) is 1.00. The van der Waals surface area contributed by atoms with Crippen LogP contribution in [-0.4, -0.2) is 82.6 Å². The highest BCUT2D eigenvalue weighted by Crippen LogP contribution is 2.19. The number of hydrogen-bond donors (Lipinski definition) is 4. The molecule has 0 radical (unpaired) electrons. The summed E-state index contributed by atoms with van der Waals surface area (Å²) in [7, 11) is 0. The van der Waals surface area contributed by atoms with Crippen LogP contribution in [-0.2, 0) is 4.74 Å². The summed E-state index contributed by atoms with van der Waals surface area (Å²) in [5.74, 6) is 0. The third-order valence-corrected chi connectivity index (χ3v) is 3.90. The van der Waals surface area contributed by atoms with Gasteiger partial charge in [-0.25, -0.2) is 0 Å². The molecule has 0 bridgehead atoms. The number of β-amino-alcohol motifs (C(OH)–C–C–N with tert-alkyl or cyclic N) is 1. The van der Waals surface area contributed by atoms with E-state index in [1.807, 2.05) is 11.8 Å². The highest BCUT2D eigenvalue weighted by Gasteiger charge is 2.40. The van der Waals surface area contributed by atoms with Crippen LogP contribution in [0.3, 0.4) is 0 Å². The molecule has 0 aromatic carbocycles. The lowest BCUT2D eigenvalue weighted by Gasteiger charge is -2.43. The summed E-state index contributed by atoms with van der Waals surface area (Å²) >= 11 is 0. The molecule has 0 amide bonds. The summed E-state index contributed by atoms with van der Waals surface area (Å²) in [6, 6.07) is -0.489. The largest absolute Gasteiger partial charge is 0.395 e. The van der Waals surface area contributed by atoms with E-state index in [1.54, 1.807) is 0 Å². The molecule has 4 N–H and O–H groups in total. The number of ether oxygens (including phenoxy) is 1. The Kier molecular flexibility index (Phi) is 8.60. The predicted molar refractivity (Wildman–Crippen MR) is 75.4 cm³/mol. The molecule has 0 aliphatic carbocycles. The van der Waals surface area contributed by atoms with Crippen LogP contribution in [0.15, 0.2) is 0 Å². The Morgan fingerprint density at radius 3 is 2.40 bits per heavy atom. The molecular weight excluding hydrogens is 262 g/mol. The molecular formula is C14H29NO5. The van der Waals surface area contributed by atoms with E-state index in [0.717, 1.165) is 38.9 Å². The Hall–Kier alpha value is -0.240. The van der Waals surface area contributed by atoms with Crippen LogP contribution < -0.4 is 0 Å². The molecule has 6 heteroatoms. The third-order valence-electron chi connectivity index (χ3n) is 3.90. The molecule has 120 valence electrons. The number of likely N-dealkylation sites (tertiary alicyclic amines) is 1. The van der Waals surface area contributed by atoms with E-state index < -0.39 is 24.4 Å². The molecule has 1 saturated heterocycles. The molecule has 1 rings (SSSR count). The highest BCUT2D eigenvalue weighted by atomic mass is 16.5. The number of piperidine rings is 1. The average molecular weight is 291 g/mol. The zero-order valence-corrected chi connectivity index (χ0v) is 12.3. The van der Waals surface area contributed by atoms with E-state index in [4.69, 9.17) is 4.74 Å². The number of aliphatic hydroxyl groups is 4. The number of unbranched alkanes of at least 4 members (excludes halogenated alkanes) is 3. The van der Waals surface area contributed by atoms with E-state index in [2.05, 4.69) is 0 Å². The Bertz CT molecular complexity index is 254. The number of nitrogens with zero attached hydrogens (tertiary/aromatic N) is 1. The first-order chi connectivity index (χ1) is 9.61. The van der Waals surface area contributed by atoms with Gasteiger partial charge < -0.3 is 25.2 Å². The molecule has 0 unspecified atom stereocenters. The van der Waals surface area contributed by atoms with Crippen molar-refractivity contribution in [2.75, 3.05) is 32.9 Å². The Balaban J connectivity index is 2.24. The lowest BCUT2D eigenvalue weighted by molar-refractivity contribution is -0.145. The number of aliphatic hydroxyl groups excluding tert-OH is 4. The summed E-state index contributed by atoms with van der Waals surface area (Å²) in [6.45, 7) is 4.32. The summed E-state index contributed by atoms with van der Waals surface area (Å²) in [5, 5.41) is 38.5. The van der Waals surface area contributed by atoms with Gasteiger partial charge in [-0.15, -0.1) is 0 Å². The van der Waals surface area contributed by atoms with Gasteiger partial charge >= 0.3 is 0 Å². The number of hydrogen-bond acceptors (Lipinski definition) is 6. The average Bonchev–Trinajstić information content (AvgIpc) is 2.44. The molecule has 0 aromatic rings. The van der Waals surface area contributed by atoms with Gasteiger partial charge in [-0.2, -0.15) is 0 Å². The van der Waals surface area contributed by atoms with Crippen LogP contribution in [0.5, 0.6) is 0 Å². The van der Waals surface area contributed by atoms with Crippen molar-refractivity contribution in [2.24, 2.45) is 0 Å². The van der Waals surface area contributed by atoms with Crippen molar-refractivity contribution < 1.29 is 25.2 Å². The zero-order chi connectivity index (χ0) is 15.0. The van der Waals surface area contributed by atoms with Crippen molar-refractivity contribution in [3.63, 3.8) is 0 Å². The molecule has 0 saturated carbocycles. The first kappa shape index (κ1) is 17.8. The minimum atomic E-state index is -1.17. The van der Waals surface area contributed by atoms with Crippen LogP contribution >= 0.6 is 0 Å². The SMILES string of the molecule is CCOCCCCCCN1C[C@H](O)[C@@H](O)[C@@H](O)[C@H]1CO. The van der Waals surface area contributed by atoms with E-state index in [0.29, 0.717) is 13.1 Å². The van der Waals surface area contributed by atoms with Crippen molar-refractivity contribution >= 4 is 0 Å². The standard InChI is InChI=1S/C14H29NO5/c1-2-20-8-6-4-3-5-7-15-9-12(17)14(19)13(18)11(15)10-16/h11-14,16-19H,2-10H2,1H3/t11-,12+,13+,14-/m1/s1. The van der Waals surface area contributed by atoms with Gasteiger partial charge in [0.15, 0.2) is 0 Å². The molecule has 1 aliphatic rings. The first-order valence-corrected chi connectivity index (χ1v) is 7.58. The van der Waals surface area contributed by atoms with Crippen LogP contribution in [0.2, 0.25) is 0 Å². The van der Waals surface area contributed by atoms with Crippen LogP contribution in [0.4, 0.5) is 0 Å². The van der Waals surface area contributed by atoms with Crippen molar-refractivity contribution in [1.82, 2.24) is 4.90 Å². The summed E-state index contributed by atoms with van der Waals surface area (Å²) in [4.78, 5) is 1.87. The Morgan fingerprint density at radius 2 is 1.75 bits per heavy atom. The Labute approximate surface area is 121 Å². The molecule has 0 aromatic heterocycles. The van der Waals surface area contributed by atoms with Gasteiger partial charge in [-0.05, 0) is 26.3 Å². The van der Waals surface area contributed by atoms with Gasteiger partial charge in [0.1, 0.15) is 12.2 Å². The van der Waals surface area contributed by atoms with Gasteiger partial charge in [0, 0.05) is 19.8 Å². The molecule has 6 nitrogen and oxygen atoms in total. The maximum atomic E-state index is 9.85. The summed E-state index contributed by atoms with van der Waals surface area (Å²) in [5.41, 5.74) is 0. The quantitative estimate of drug-likeness (QED) is 0.422. The molecule has 4 atom stereocenters. The van der Waals surface area contributed by atoms with E-state index in [-0.39, 0.29) is 6.61 Å². The van der Waals surface area contributed by atoms with Gasteiger partial charge in [0.25, 0.3) is 0 Å².